The lowest BCUT2D eigenvalue weighted by atomic mass is 9.89. The number of aromatic nitrogens is 2. The van der Waals surface area contributed by atoms with Gasteiger partial charge in [0.15, 0.2) is 0 Å². The third-order valence-corrected chi connectivity index (χ3v) is 15.8. The highest BCUT2D eigenvalue weighted by Crippen LogP contribution is 2.49. The van der Waals surface area contributed by atoms with Gasteiger partial charge < -0.3 is 9.13 Å². The first kappa shape index (κ1) is 53.4. The molecule has 7 nitrogen and oxygen atoms in total. The normalized spacial score (nSPS) is 11.5. The van der Waals surface area contributed by atoms with E-state index in [0.29, 0.717) is 128 Å². The number of hydrogen-bond acceptors (Lipinski definition) is 5. The van der Waals surface area contributed by atoms with Crippen molar-refractivity contribution < 1.29 is 26.3 Å². The molecule has 0 atom stereocenters. The Morgan fingerprint density at radius 1 is 0.267 bits per heavy atom. The van der Waals surface area contributed by atoms with Gasteiger partial charge in [0.2, 0.25) is 0 Å². The van der Waals surface area contributed by atoms with Gasteiger partial charge in [-0.1, -0.05) is 115 Å². The number of nitrogens with zero attached hydrogens (tertiary/aromatic N) is 7. The van der Waals surface area contributed by atoms with Crippen LogP contribution < -0.4 is 0 Å². The van der Waals surface area contributed by atoms with Gasteiger partial charge >= 0.3 is 12.4 Å². The van der Waals surface area contributed by atoms with Crippen molar-refractivity contribution in [1.29, 1.82) is 26.3 Å². The lowest BCUT2D eigenvalue weighted by Gasteiger charge is -2.23. The molecule has 0 spiro atoms. The molecule has 0 aliphatic heterocycles. The molecule has 406 valence electrons. The van der Waals surface area contributed by atoms with Crippen LogP contribution in [0, 0.1) is 56.7 Å². The van der Waals surface area contributed by atoms with Crippen LogP contribution in [0.3, 0.4) is 0 Å². The molecular formula is C73H37F6N7. The summed E-state index contributed by atoms with van der Waals surface area (Å²) >= 11 is 0. The van der Waals surface area contributed by atoms with Gasteiger partial charge in [-0.2, -0.15) is 52.7 Å². The molecule has 2 heterocycles. The number of nitriles is 5. The fourth-order valence-corrected chi connectivity index (χ4v) is 12.1. The van der Waals surface area contributed by atoms with Gasteiger partial charge in [0.25, 0.3) is 0 Å². The minimum atomic E-state index is -5.25. The summed E-state index contributed by atoms with van der Waals surface area (Å²) in [6.07, 6.45) is -10.5. The summed E-state index contributed by atoms with van der Waals surface area (Å²) in [5.74, 6) is 0. The first-order chi connectivity index (χ1) is 41.7. The molecular weight excluding hydrogens is 1090 g/mol. The van der Waals surface area contributed by atoms with E-state index in [1.165, 1.54) is 18.2 Å². The van der Waals surface area contributed by atoms with Crippen LogP contribution in [0.2, 0.25) is 0 Å². The van der Waals surface area contributed by atoms with Crippen molar-refractivity contribution in [2.75, 3.05) is 0 Å². The van der Waals surface area contributed by atoms with E-state index in [4.69, 9.17) is 0 Å². The van der Waals surface area contributed by atoms with Gasteiger partial charge in [-0.15, -0.1) is 0 Å². The Morgan fingerprint density at radius 3 is 0.930 bits per heavy atom. The predicted molar refractivity (Wildman–Crippen MR) is 321 cm³/mol. The average Bonchev–Trinajstić information content (AvgIpc) is 1.55. The minimum Gasteiger partial charge on any atom is -0.309 e. The smallest absolute Gasteiger partial charge is 0.309 e. The Bertz CT molecular complexity index is 4980. The molecule has 11 aromatic carbocycles. The third kappa shape index (κ3) is 8.82. The number of rotatable bonds is 8. The molecule has 13 aromatic rings. The van der Waals surface area contributed by atoms with Crippen LogP contribution in [-0.4, -0.2) is 9.13 Å². The molecule has 0 bridgehead atoms. The molecule has 0 N–H and O–H groups in total. The highest BCUT2D eigenvalue weighted by atomic mass is 19.4. The Hall–Kier alpha value is -12.0. The SMILES string of the molecule is N#Cc1ccccc1-c1ccc2c(c1)c1cc(-c3ccccc3C#N)ccc1n2-c1ccc(-c2c(C(F)(F)F)cccc2C(F)(F)F)cc1-c1c(C#N)cccc1-n1c2ccc(-c3ccccc3C#N)cc2c2cc(-c3ccccc3C#N)ccc21. The van der Waals surface area contributed by atoms with E-state index in [-0.39, 0.29) is 22.4 Å². The molecule has 2 aromatic heterocycles. The fraction of sp³-hybridized carbons (Fsp3) is 0.0274. The lowest BCUT2D eigenvalue weighted by molar-refractivity contribution is -0.142. The second-order valence-electron chi connectivity index (χ2n) is 20.5. The molecule has 13 rings (SSSR count). The topological polar surface area (TPSA) is 129 Å². The van der Waals surface area contributed by atoms with Crippen molar-refractivity contribution in [3.8, 4) is 108 Å². The zero-order chi connectivity index (χ0) is 59.6. The van der Waals surface area contributed by atoms with E-state index in [1.54, 1.807) is 66.7 Å². The van der Waals surface area contributed by atoms with Crippen molar-refractivity contribution in [3.63, 3.8) is 0 Å². The highest BCUT2D eigenvalue weighted by Gasteiger charge is 2.41. The van der Waals surface area contributed by atoms with Crippen molar-refractivity contribution in [3.05, 3.63) is 263 Å². The Balaban J connectivity index is 1.17. The number of hydrogen-bond donors (Lipinski definition) is 0. The van der Waals surface area contributed by atoms with E-state index in [9.17, 15) is 26.3 Å². The largest absolute Gasteiger partial charge is 0.417 e. The number of benzene rings is 11. The minimum absolute atomic E-state index is 0.0294. The maximum Gasteiger partial charge on any atom is 0.417 e. The summed E-state index contributed by atoms with van der Waals surface area (Å²) < 4.78 is 95.7. The van der Waals surface area contributed by atoms with Gasteiger partial charge in [0, 0.05) is 38.2 Å². The first-order valence-electron chi connectivity index (χ1n) is 26.8. The first-order valence-corrected chi connectivity index (χ1v) is 26.8. The summed E-state index contributed by atoms with van der Waals surface area (Å²) in [5, 5.41) is 55.1. The predicted octanol–water partition coefficient (Wildman–Crippen LogP) is 19.3. The molecule has 0 aliphatic rings. The summed E-state index contributed by atoms with van der Waals surface area (Å²) in [6, 6.07) is 73.4. The third-order valence-electron chi connectivity index (χ3n) is 15.8. The zero-order valence-corrected chi connectivity index (χ0v) is 44.8. The lowest BCUT2D eigenvalue weighted by Crippen LogP contribution is -2.14. The van der Waals surface area contributed by atoms with Crippen LogP contribution in [0.5, 0.6) is 0 Å². The number of halogens is 6. The van der Waals surface area contributed by atoms with Crippen molar-refractivity contribution in [1.82, 2.24) is 9.13 Å². The van der Waals surface area contributed by atoms with Gasteiger partial charge in [-0.3, -0.25) is 0 Å². The van der Waals surface area contributed by atoms with Crippen LogP contribution >= 0.6 is 0 Å². The summed E-state index contributed by atoms with van der Waals surface area (Å²) in [4.78, 5) is 0. The molecule has 0 saturated carbocycles. The molecule has 0 aliphatic carbocycles. The quantitative estimate of drug-likeness (QED) is 0.140. The summed E-state index contributed by atoms with van der Waals surface area (Å²) in [6.45, 7) is 0. The van der Waals surface area contributed by atoms with Crippen LogP contribution in [0.1, 0.15) is 38.9 Å². The van der Waals surface area contributed by atoms with Crippen molar-refractivity contribution in [2.45, 2.75) is 12.4 Å². The van der Waals surface area contributed by atoms with Crippen molar-refractivity contribution >= 4 is 43.6 Å². The monoisotopic (exact) mass is 1130 g/mol. The Morgan fingerprint density at radius 2 is 0.581 bits per heavy atom. The average molecular weight is 1130 g/mol. The Kier molecular flexibility index (Phi) is 12.9. The van der Waals surface area contributed by atoms with E-state index in [0.717, 1.165) is 6.07 Å². The molecule has 0 fully saturated rings. The van der Waals surface area contributed by atoms with Gasteiger partial charge in [-0.05, 0) is 159 Å². The Labute approximate surface area is 487 Å². The van der Waals surface area contributed by atoms with Crippen LogP contribution in [0.25, 0.3) is 122 Å². The molecule has 0 radical (unpaired) electrons. The van der Waals surface area contributed by atoms with Crippen LogP contribution in [-0.2, 0) is 12.4 Å². The molecule has 13 heteroatoms. The second-order valence-corrected chi connectivity index (χ2v) is 20.5. The number of alkyl halides is 6. The van der Waals surface area contributed by atoms with Gasteiger partial charge in [0.1, 0.15) is 0 Å². The molecule has 0 saturated heterocycles. The van der Waals surface area contributed by atoms with Crippen LogP contribution in [0.15, 0.2) is 224 Å². The van der Waals surface area contributed by atoms with Crippen LogP contribution in [0.4, 0.5) is 26.3 Å². The van der Waals surface area contributed by atoms with Crippen molar-refractivity contribution in [2.24, 2.45) is 0 Å². The van der Waals surface area contributed by atoms with E-state index >= 15 is 26.3 Å². The van der Waals surface area contributed by atoms with E-state index < -0.39 is 34.6 Å². The summed E-state index contributed by atoms with van der Waals surface area (Å²) in [7, 11) is 0. The maximum atomic E-state index is 15.3. The second kappa shape index (κ2) is 20.8. The fourth-order valence-electron chi connectivity index (χ4n) is 12.1. The number of fused-ring (bicyclic) bond motifs is 6. The maximum absolute atomic E-state index is 15.3. The molecule has 0 unspecified atom stereocenters. The standard InChI is InChI=1S/C73H37F6N7/c74-72(75,76)62-20-10-21-63(73(77,78)79)71(62)47-27-32-68(85-64-28-23-43(53-16-5-1-11-48(53)38-80)33-57(64)58-34-44(24-29-65(58)85)54-17-6-2-12-49(54)39-81)61(37-47)70-52(42-84)15-9-22-69(70)86-66-30-25-45(55-18-7-3-13-50(55)40-82)35-59(66)60-36-46(26-31-67(60)86)56-19-8-4-14-51(56)41-83/h1-37H. The van der Waals surface area contributed by atoms with Gasteiger partial charge in [0.05, 0.1) is 103 Å². The summed E-state index contributed by atoms with van der Waals surface area (Å²) in [5.41, 5.74) is 5.61. The van der Waals surface area contributed by atoms with Gasteiger partial charge in [-0.25, -0.2) is 0 Å². The highest BCUT2D eigenvalue weighted by molar-refractivity contribution is 6.14. The molecule has 0 amide bonds. The van der Waals surface area contributed by atoms with E-state index in [2.05, 4.69) is 30.3 Å². The van der Waals surface area contributed by atoms with E-state index in [1.807, 2.05) is 130 Å². The molecule has 86 heavy (non-hydrogen) atoms. The zero-order valence-electron chi connectivity index (χ0n) is 44.8.